The Bertz CT molecular complexity index is 880. The molecule has 0 aromatic heterocycles. The molecular weight excluding hydrogens is 348 g/mol. The molecule has 1 aliphatic carbocycles. The van der Waals surface area contributed by atoms with Crippen molar-refractivity contribution in [2.24, 2.45) is 0 Å². The average molecular weight is 368 g/mol. The number of non-ortho nitro benzene ring substituents is 1. The Balaban J connectivity index is 1.64. The van der Waals surface area contributed by atoms with E-state index in [1.54, 1.807) is 0 Å². The van der Waals surface area contributed by atoms with Gasteiger partial charge in [-0.2, -0.15) is 0 Å². The number of amides is 1. The van der Waals surface area contributed by atoms with Gasteiger partial charge in [-0.05, 0) is 43.4 Å². The fraction of sp³-hybridized carbons (Fsp3) is 0.300. The zero-order valence-electron chi connectivity index (χ0n) is 14.9. The predicted octanol–water partition coefficient (Wildman–Crippen LogP) is 3.33. The third kappa shape index (κ3) is 4.31. The van der Waals surface area contributed by atoms with E-state index in [1.807, 2.05) is 18.2 Å². The van der Waals surface area contributed by atoms with E-state index >= 15 is 0 Å². The lowest BCUT2D eigenvalue weighted by Crippen LogP contribution is -2.39. The standard InChI is InChI=1S/C20H20N2O5/c1-13(27-20(24)15-8-4-9-16(12-15)22(25)26)19(23)21-18-11-5-7-14-6-2-3-10-17(14)18/h2-4,6,8-10,12-13,18H,5,7,11H2,1H3,(H,21,23)/t13-,18-/m1/s1. The van der Waals surface area contributed by atoms with E-state index in [9.17, 15) is 19.7 Å². The Labute approximate surface area is 156 Å². The van der Waals surface area contributed by atoms with Crippen LogP contribution in [0.2, 0.25) is 0 Å². The van der Waals surface area contributed by atoms with Crippen molar-refractivity contribution in [3.63, 3.8) is 0 Å². The summed E-state index contributed by atoms with van der Waals surface area (Å²) in [6.45, 7) is 1.49. The van der Waals surface area contributed by atoms with E-state index in [2.05, 4.69) is 11.4 Å². The molecular formula is C20H20N2O5. The number of nitrogens with one attached hydrogen (secondary N) is 1. The molecule has 2 aromatic rings. The summed E-state index contributed by atoms with van der Waals surface area (Å²) in [5, 5.41) is 13.8. The average Bonchev–Trinajstić information content (AvgIpc) is 2.68. The third-order valence-corrected chi connectivity index (χ3v) is 4.63. The highest BCUT2D eigenvalue weighted by molar-refractivity contribution is 5.92. The fourth-order valence-electron chi connectivity index (χ4n) is 3.22. The second kappa shape index (κ2) is 7.99. The third-order valence-electron chi connectivity index (χ3n) is 4.63. The molecule has 7 nitrogen and oxygen atoms in total. The van der Waals surface area contributed by atoms with E-state index in [1.165, 1.54) is 30.7 Å². The summed E-state index contributed by atoms with van der Waals surface area (Å²) in [5.41, 5.74) is 2.14. The van der Waals surface area contributed by atoms with Crippen molar-refractivity contribution in [2.45, 2.75) is 38.3 Å². The number of rotatable bonds is 5. The summed E-state index contributed by atoms with van der Waals surface area (Å²) in [5.74, 6) is -1.17. The molecule has 0 saturated carbocycles. The van der Waals surface area contributed by atoms with Gasteiger partial charge in [0.2, 0.25) is 0 Å². The zero-order valence-corrected chi connectivity index (χ0v) is 14.9. The van der Waals surface area contributed by atoms with Crippen molar-refractivity contribution in [1.29, 1.82) is 0 Å². The maximum absolute atomic E-state index is 12.5. The molecule has 3 rings (SSSR count). The summed E-state index contributed by atoms with van der Waals surface area (Å²) in [7, 11) is 0. The van der Waals surface area contributed by atoms with Crippen LogP contribution >= 0.6 is 0 Å². The van der Waals surface area contributed by atoms with Crippen molar-refractivity contribution >= 4 is 17.6 Å². The molecule has 1 amide bonds. The maximum Gasteiger partial charge on any atom is 0.339 e. The van der Waals surface area contributed by atoms with Gasteiger partial charge in [0.1, 0.15) is 0 Å². The summed E-state index contributed by atoms with van der Waals surface area (Å²) < 4.78 is 5.19. The number of nitro benzene ring substituents is 1. The van der Waals surface area contributed by atoms with Crippen LogP contribution in [0.5, 0.6) is 0 Å². The first kappa shape index (κ1) is 18.6. The minimum Gasteiger partial charge on any atom is -0.449 e. The summed E-state index contributed by atoms with van der Waals surface area (Å²) in [4.78, 5) is 34.9. The number of nitrogens with zero attached hydrogens (tertiary/aromatic N) is 1. The van der Waals surface area contributed by atoms with Gasteiger partial charge in [0.25, 0.3) is 11.6 Å². The Kier molecular flexibility index (Phi) is 5.49. The molecule has 0 fully saturated rings. The second-order valence-corrected chi connectivity index (χ2v) is 6.51. The lowest BCUT2D eigenvalue weighted by Gasteiger charge is -2.27. The highest BCUT2D eigenvalue weighted by Gasteiger charge is 2.26. The number of ether oxygens (including phenoxy) is 1. The molecule has 2 atom stereocenters. The highest BCUT2D eigenvalue weighted by atomic mass is 16.6. The van der Waals surface area contributed by atoms with Gasteiger partial charge in [0.05, 0.1) is 16.5 Å². The van der Waals surface area contributed by atoms with Crippen molar-refractivity contribution in [3.05, 3.63) is 75.3 Å². The molecule has 1 aliphatic rings. The quantitative estimate of drug-likeness (QED) is 0.496. The maximum atomic E-state index is 12.5. The molecule has 0 radical (unpaired) electrons. The molecule has 140 valence electrons. The molecule has 27 heavy (non-hydrogen) atoms. The van der Waals surface area contributed by atoms with E-state index < -0.39 is 22.9 Å². The number of aryl methyl sites for hydroxylation is 1. The van der Waals surface area contributed by atoms with E-state index in [4.69, 9.17) is 4.74 Å². The number of hydrogen-bond acceptors (Lipinski definition) is 5. The Morgan fingerprint density at radius 2 is 2.00 bits per heavy atom. The summed E-state index contributed by atoms with van der Waals surface area (Å²) in [6, 6.07) is 13.1. The number of carbonyl (C=O) groups excluding carboxylic acids is 2. The lowest BCUT2D eigenvalue weighted by atomic mass is 9.87. The number of fused-ring (bicyclic) bond motifs is 1. The van der Waals surface area contributed by atoms with E-state index in [0.29, 0.717) is 0 Å². The van der Waals surface area contributed by atoms with E-state index in [0.717, 1.165) is 30.9 Å². The minimum atomic E-state index is -1.01. The van der Waals surface area contributed by atoms with Crippen molar-refractivity contribution in [3.8, 4) is 0 Å². The number of carbonyl (C=O) groups is 2. The number of hydrogen-bond donors (Lipinski definition) is 1. The Morgan fingerprint density at radius 1 is 1.22 bits per heavy atom. The molecule has 0 spiro atoms. The van der Waals surface area contributed by atoms with Gasteiger partial charge in [-0.3, -0.25) is 14.9 Å². The van der Waals surface area contributed by atoms with Crippen LogP contribution in [0.25, 0.3) is 0 Å². The van der Waals surface area contributed by atoms with Gasteiger partial charge in [0, 0.05) is 12.1 Å². The molecule has 7 heteroatoms. The molecule has 2 aromatic carbocycles. The zero-order chi connectivity index (χ0) is 19.4. The highest BCUT2D eigenvalue weighted by Crippen LogP contribution is 2.29. The summed E-state index contributed by atoms with van der Waals surface area (Å²) in [6.07, 6.45) is 1.78. The number of benzene rings is 2. The Morgan fingerprint density at radius 3 is 2.78 bits per heavy atom. The van der Waals surface area contributed by atoms with Gasteiger partial charge < -0.3 is 10.1 Å². The molecule has 0 heterocycles. The van der Waals surface area contributed by atoms with Gasteiger partial charge in [-0.25, -0.2) is 4.79 Å². The smallest absolute Gasteiger partial charge is 0.339 e. The molecule has 0 bridgehead atoms. The SMILES string of the molecule is C[C@@H](OC(=O)c1cccc([N+](=O)[O-])c1)C(=O)N[C@@H]1CCCc2ccccc21. The van der Waals surface area contributed by atoms with Crippen LogP contribution in [0.4, 0.5) is 5.69 Å². The van der Waals surface area contributed by atoms with Crippen LogP contribution in [0.15, 0.2) is 48.5 Å². The van der Waals surface area contributed by atoms with Crippen LogP contribution in [0, 0.1) is 10.1 Å². The first-order chi connectivity index (χ1) is 13.0. The largest absolute Gasteiger partial charge is 0.449 e. The lowest BCUT2D eigenvalue weighted by molar-refractivity contribution is -0.384. The molecule has 0 unspecified atom stereocenters. The summed E-state index contributed by atoms with van der Waals surface area (Å²) >= 11 is 0. The first-order valence-corrected chi connectivity index (χ1v) is 8.79. The van der Waals surface area contributed by atoms with Gasteiger partial charge in [-0.15, -0.1) is 0 Å². The van der Waals surface area contributed by atoms with Crippen LogP contribution in [0.1, 0.15) is 47.3 Å². The monoisotopic (exact) mass is 368 g/mol. The van der Waals surface area contributed by atoms with Crippen molar-refractivity contribution in [1.82, 2.24) is 5.32 Å². The topological polar surface area (TPSA) is 98.5 Å². The normalized spacial score (nSPS) is 16.7. The van der Waals surface area contributed by atoms with Crippen molar-refractivity contribution < 1.29 is 19.2 Å². The molecule has 0 saturated heterocycles. The minimum absolute atomic E-state index is 0.0341. The van der Waals surface area contributed by atoms with E-state index in [-0.39, 0.29) is 17.3 Å². The predicted molar refractivity (Wildman–Crippen MR) is 98.2 cm³/mol. The van der Waals surface area contributed by atoms with Gasteiger partial charge >= 0.3 is 5.97 Å². The van der Waals surface area contributed by atoms with Crippen LogP contribution < -0.4 is 5.32 Å². The number of nitro groups is 1. The first-order valence-electron chi connectivity index (χ1n) is 8.79. The second-order valence-electron chi connectivity index (χ2n) is 6.51. The molecule has 1 N–H and O–H groups in total. The van der Waals surface area contributed by atoms with Gasteiger partial charge in [0.15, 0.2) is 6.10 Å². The number of esters is 1. The van der Waals surface area contributed by atoms with Crippen LogP contribution in [-0.4, -0.2) is 22.9 Å². The van der Waals surface area contributed by atoms with Crippen LogP contribution in [-0.2, 0) is 16.0 Å². The Hall–Kier alpha value is -3.22. The van der Waals surface area contributed by atoms with Gasteiger partial charge in [-0.1, -0.05) is 30.3 Å². The molecule has 0 aliphatic heterocycles. The van der Waals surface area contributed by atoms with Crippen molar-refractivity contribution in [2.75, 3.05) is 0 Å². The fourth-order valence-corrected chi connectivity index (χ4v) is 3.22. The van der Waals surface area contributed by atoms with Crippen LogP contribution in [0.3, 0.4) is 0 Å².